The number of nitrogens with two attached hydrogens (primary N) is 1. The van der Waals surface area contributed by atoms with E-state index in [0.29, 0.717) is 17.9 Å². The third-order valence-electron chi connectivity index (χ3n) is 5.88. The molecule has 7 heteroatoms. The minimum atomic E-state index is 0.0178. The smallest absolute Gasteiger partial charge is 0.260 e. The summed E-state index contributed by atoms with van der Waals surface area (Å²) >= 11 is 0. The Morgan fingerprint density at radius 1 is 1.29 bits per heavy atom. The molecule has 2 aromatic rings. The summed E-state index contributed by atoms with van der Waals surface area (Å²) in [4.78, 5) is 14.8. The molecule has 2 aliphatic rings. The standard InChI is InChI=1S/C24H30N4O3/c1-16-10-23-21(24(29)28(15-31-23)14-20-4-3-9-30-20)12-19(16)11-17-5-7-18(8-6-17)22(27-25)13-26-2/h5-8,10,12-13,20,26-27H,3-4,9,11,14-15,25H2,1-2H3/b22-13-. The van der Waals surface area contributed by atoms with Crippen LogP contribution in [-0.2, 0) is 11.2 Å². The zero-order chi connectivity index (χ0) is 21.8. The molecule has 1 amide bonds. The number of benzene rings is 2. The lowest BCUT2D eigenvalue weighted by Crippen LogP contribution is -2.43. The van der Waals surface area contributed by atoms with Crippen molar-refractivity contribution in [2.45, 2.75) is 32.3 Å². The van der Waals surface area contributed by atoms with Crippen molar-refractivity contribution in [3.05, 3.63) is 70.4 Å². The first-order valence-corrected chi connectivity index (χ1v) is 10.7. The highest BCUT2D eigenvalue weighted by atomic mass is 16.5. The highest BCUT2D eigenvalue weighted by Gasteiger charge is 2.29. The van der Waals surface area contributed by atoms with Gasteiger partial charge in [-0.15, -0.1) is 0 Å². The SMILES string of the molecule is CN/C=C(\NN)c1ccc(Cc2cc3c(cc2C)OCN(CC2CCCO2)C3=O)cc1. The number of nitrogens with one attached hydrogen (secondary N) is 2. The molecule has 2 aliphatic heterocycles. The Morgan fingerprint density at radius 3 is 2.77 bits per heavy atom. The Hall–Kier alpha value is -3.03. The van der Waals surface area contributed by atoms with Gasteiger partial charge in [0.25, 0.3) is 5.91 Å². The third kappa shape index (κ3) is 4.68. The molecule has 1 saturated heterocycles. The van der Waals surface area contributed by atoms with Crippen LogP contribution >= 0.6 is 0 Å². The van der Waals surface area contributed by atoms with Crippen LogP contribution in [0.5, 0.6) is 5.75 Å². The molecule has 1 unspecified atom stereocenters. The van der Waals surface area contributed by atoms with E-state index in [2.05, 4.69) is 29.8 Å². The molecule has 0 spiro atoms. The third-order valence-corrected chi connectivity index (χ3v) is 5.88. The van der Waals surface area contributed by atoms with Gasteiger partial charge in [0.15, 0.2) is 6.73 Å². The summed E-state index contributed by atoms with van der Waals surface area (Å²) in [5, 5.41) is 2.98. The van der Waals surface area contributed by atoms with E-state index in [4.69, 9.17) is 15.3 Å². The van der Waals surface area contributed by atoms with Crippen LogP contribution in [0, 0.1) is 6.92 Å². The van der Waals surface area contributed by atoms with Crippen LogP contribution in [0.15, 0.2) is 42.6 Å². The van der Waals surface area contributed by atoms with Crippen LogP contribution in [0.2, 0.25) is 0 Å². The van der Waals surface area contributed by atoms with Gasteiger partial charge in [0, 0.05) is 25.4 Å². The number of amides is 1. The Kier molecular flexibility index (Phi) is 6.44. The summed E-state index contributed by atoms with van der Waals surface area (Å²) in [5.74, 6) is 6.28. The minimum Gasteiger partial charge on any atom is -0.472 e. The zero-order valence-corrected chi connectivity index (χ0v) is 18.1. The van der Waals surface area contributed by atoms with E-state index >= 15 is 0 Å². The van der Waals surface area contributed by atoms with E-state index in [9.17, 15) is 4.79 Å². The number of fused-ring (bicyclic) bond motifs is 1. The van der Waals surface area contributed by atoms with Gasteiger partial charge in [0.05, 0.1) is 23.9 Å². The monoisotopic (exact) mass is 422 g/mol. The molecule has 0 aromatic heterocycles. The summed E-state index contributed by atoms with van der Waals surface area (Å²) in [6.07, 6.45) is 4.72. The summed E-state index contributed by atoms with van der Waals surface area (Å²) in [6.45, 7) is 3.70. The van der Waals surface area contributed by atoms with Crippen LogP contribution in [0.3, 0.4) is 0 Å². The van der Waals surface area contributed by atoms with Gasteiger partial charge in [-0.25, -0.2) is 0 Å². The first-order valence-electron chi connectivity index (χ1n) is 10.7. The lowest BCUT2D eigenvalue weighted by molar-refractivity contribution is 0.0261. The molecular weight excluding hydrogens is 392 g/mol. The molecule has 4 N–H and O–H groups in total. The second-order valence-corrected chi connectivity index (χ2v) is 8.08. The number of hydrogen-bond acceptors (Lipinski definition) is 6. The van der Waals surface area contributed by atoms with Crippen molar-refractivity contribution >= 4 is 11.6 Å². The zero-order valence-electron chi connectivity index (χ0n) is 18.1. The van der Waals surface area contributed by atoms with E-state index < -0.39 is 0 Å². The molecule has 2 heterocycles. The number of aryl methyl sites for hydroxylation is 1. The van der Waals surface area contributed by atoms with Crippen molar-refractivity contribution in [2.24, 2.45) is 5.84 Å². The van der Waals surface area contributed by atoms with Crippen molar-refractivity contribution in [2.75, 3.05) is 26.9 Å². The molecule has 7 nitrogen and oxygen atoms in total. The predicted octanol–water partition coefficient (Wildman–Crippen LogP) is 2.54. The van der Waals surface area contributed by atoms with Crippen molar-refractivity contribution in [1.82, 2.24) is 15.6 Å². The van der Waals surface area contributed by atoms with E-state index in [0.717, 1.165) is 53.8 Å². The molecule has 0 saturated carbocycles. The molecule has 0 bridgehead atoms. The van der Waals surface area contributed by atoms with Gasteiger partial charge in [-0.2, -0.15) is 0 Å². The highest BCUT2D eigenvalue weighted by Crippen LogP contribution is 2.30. The van der Waals surface area contributed by atoms with Gasteiger partial charge in [-0.05, 0) is 55.0 Å². The van der Waals surface area contributed by atoms with Crippen molar-refractivity contribution in [3.8, 4) is 5.75 Å². The summed E-state index contributed by atoms with van der Waals surface area (Å²) in [7, 11) is 1.83. The maximum absolute atomic E-state index is 13.1. The van der Waals surface area contributed by atoms with Crippen LogP contribution < -0.4 is 21.3 Å². The second-order valence-electron chi connectivity index (χ2n) is 8.08. The van der Waals surface area contributed by atoms with Gasteiger partial charge in [-0.1, -0.05) is 24.3 Å². The van der Waals surface area contributed by atoms with E-state index in [1.807, 2.05) is 37.5 Å². The number of carbonyl (C=O) groups excluding carboxylic acids is 1. The topological polar surface area (TPSA) is 88.8 Å². The molecule has 4 rings (SSSR count). The molecule has 1 atom stereocenters. The summed E-state index contributed by atoms with van der Waals surface area (Å²) < 4.78 is 11.6. The van der Waals surface area contributed by atoms with Crippen molar-refractivity contribution in [3.63, 3.8) is 0 Å². The largest absolute Gasteiger partial charge is 0.472 e. The fourth-order valence-corrected chi connectivity index (χ4v) is 4.12. The first-order chi connectivity index (χ1) is 15.1. The fourth-order valence-electron chi connectivity index (χ4n) is 4.12. The molecule has 0 radical (unpaired) electrons. The molecule has 0 aliphatic carbocycles. The Balaban J connectivity index is 1.52. The molecule has 164 valence electrons. The van der Waals surface area contributed by atoms with Gasteiger partial charge in [-0.3, -0.25) is 10.6 Å². The second kappa shape index (κ2) is 9.41. The summed E-state index contributed by atoms with van der Waals surface area (Å²) in [6, 6.07) is 12.2. The number of rotatable bonds is 7. The Bertz CT molecular complexity index is 966. The van der Waals surface area contributed by atoms with Crippen molar-refractivity contribution < 1.29 is 14.3 Å². The van der Waals surface area contributed by atoms with Crippen molar-refractivity contribution in [1.29, 1.82) is 0 Å². The minimum absolute atomic E-state index is 0.0178. The Morgan fingerprint density at radius 2 is 2.10 bits per heavy atom. The van der Waals surface area contributed by atoms with Crippen LogP contribution in [0.25, 0.3) is 5.70 Å². The van der Waals surface area contributed by atoms with E-state index in [1.54, 1.807) is 4.90 Å². The number of carbonyl (C=O) groups is 1. The number of nitrogens with zero attached hydrogens (tertiary/aromatic N) is 1. The molecule has 1 fully saturated rings. The van der Waals surface area contributed by atoms with Crippen LogP contribution in [0.4, 0.5) is 0 Å². The fraction of sp³-hybridized carbons (Fsp3) is 0.375. The number of hydrogen-bond donors (Lipinski definition) is 3. The molecular formula is C24H30N4O3. The maximum atomic E-state index is 13.1. The average molecular weight is 423 g/mol. The molecule has 2 aromatic carbocycles. The van der Waals surface area contributed by atoms with E-state index in [1.165, 1.54) is 0 Å². The van der Waals surface area contributed by atoms with Gasteiger partial charge in [0.1, 0.15) is 5.75 Å². The van der Waals surface area contributed by atoms with Crippen LogP contribution in [-0.4, -0.2) is 43.8 Å². The molecule has 31 heavy (non-hydrogen) atoms. The van der Waals surface area contributed by atoms with E-state index in [-0.39, 0.29) is 18.7 Å². The predicted molar refractivity (Wildman–Crippen MR) is 120 cm³/mol. The van der Waals surface area contributed by atoms with Crippen LogP contribution in [0.1, 0.15) is 45.5 Å². The Labute approximate surface area is 183 Å². The average Bonchev–Trinajstić information content (AvgIpc) is 3.29. The number of ether oxygens (including phenoxy) is 2. The van der Waals surface area contributed by atoms with Gasteiger partial charge >= 0.3 is 0 Å². The van der Waals surface area contributed by atoms with Gasteiger partial charge in [0.2, 0.25) is 0 Å². The lowest BCUT2D eigenvalue weighted by atomic mass is 9.96. The lowest BCUT2D eigenvalue weighted by Gasteiger charge is -2.31. The highest BCUT2D eigenvalue weighted by molar-refractivity contribution is 5.98. The van der Waals surface area contributed by atoms with Gasteiger partial charge < -0.3 is 25.1 Å². The maximum Gasteiger partial charge on any atom is 0.260 e. The first kappa shape index (κ1) is 21.2. The number of hydrazine groups is 1. The summed E-state index contributed by atoms with van der Waals surface area (Å²) in [5.41, 5.74) is 8.53. The normalized spacial score (nSPS) is 18.5. The quantitative estimate of drug-likeness (QED) is 0.469.